The number of aromatic nitrogens is 1. The van der Waals surface area contributed by atoms with Crippen LogP contribution in [0.5, 0.6) is 0 Å². The van der Waals surface area contributed by atoms with Crippen molar-refractivity contribution in [3.8, 4) is 0 Å². The second-order valence-corrected chi connectivity index (χ2v) is 11.1. The first-order valence-corrected chi connectivity index (χ1v) is 7.62. The van der Waals surface area contributed by atoms with Crippen molar-refractivity contribution in [2.45, 2.75) is 24.2 Å². The van der Waals surface area contributed by atoms with Crippen LogP contribution >= 0.6 is 15.9 Å². The van der Waals surface area contributed by atoms with E-state index in [2.05, 4.69) is 41.7 Å². The van der Waals surface area contributed by atoms with E-state index in [-0.39, 0.29) is 5.82 Å². The Morgan fingerprint density at radius 3 is 2.54 bits per heavy atom. The Bertz CT molecular complexity index is 309. The molecule has 0 saturated carbocycles. The van der Waals surface area contributed by atoms with E-state index < -0.39 is 21.1 Å². The van der Waals surface area contributed by atoms with Crippen LogP contribution in [0.3, 0.4) is 0 Å². The van der Waals surface area contributed by atoms with Gasteiger partial charge >= 0.3 is 96.9 Å². The van der Waals surface area contributed by atoms with E-state index in [0.717, 1.165) is 8.18 Å². The predicted molar refractivity (Wildman–Crippen MR) is 57.0 cm³/mol. The van der Waals surface area contributed by atoms with Gasteiger partial charge in [0.25, 0.3) is 0 Å². The summed E-state index contributed by atoms with van der Waals surface area (Å²) in [4.78, 5) is 4.12. The first kappa shape index (κ1) is 11.4. The zero-order valence-corrected chi connectivity index (χ0v) is 12.3. The van der Waals surface area contributed by atoms with Crippen molar-refractivity contribution in [1.82, 2.24) is 4.98 Å². The van der Waals surface area contributed by atoms with Crippen LogP contribution in [0.15, 0.2) is 16.7 Å². The second kappa shape index (κ2) is 4.25. The summed E-state index contributed by atoms with van der Waals surface area (Å²) in [5.74, 6) is -0.274. The molecule has 0 spiro atoms. The summed E-state index contributed by atoms with van der Waals surface area (Å²) >= 11 is 2.61. The Hall–Kier alpha value is 0.359. The maximum atomic E-state index is 12.7. The molecule has 0 bridgehead atoms. The molecular weight excluding hydrogens is 340 g/mol. The van der Waals surface area contributed by atoms with E-state index >= 15 is 0 Å². The molecule has 1 aromatic rings. The Balaban J connectivity index is 2.90. The van der Waals surface area contributed by atoms with Gasteiger partial charge < -0.3 is 0 Å². The number of hydrogen-bond donors (Lipinski definition) is 0. The van der Waals surface area contributed by atoms with E-state index in [1.807, 2.05) is 0 Å². The SMILES string of the molecule is C[C](C)(C)[Sn][c]1ncc(F)cc1Br. The van der Waals surface area contributed by atoms with Gasteiger partial charge in [-0.05, 0) is 0 Å². The molecule has 1 heterocycles. The standard InChI is InChI=1S/C5H2BrFN.C4H9.Sn/c6-4-1-5(7)3-8-2-4;1-4(2)3;/h1,3H;1-3H3;. The third kappa shape index (κ3) is 3.93. The van der Waals surface area contributed by atoms with Crippen molar-refractivity contribution >= 4 is 40.8 Å². The molecule has 13 heavy (non-hydrogen) atoms. The molecule has 1 nitrogen and oxygen atoms in total. The van der Waals surface area contributed by atoms with Gasteiger partial charge in [0, 0.05) is 0 Å². The molecule has 0 fully saturated rings. The van der Waals surface area contributed by atoms with E-state index in [9.17, 15) is 4.39 Å². The molecule has 2 radical (unpaired) electrons. The van der Waals surface area contributed by atoms with Gasteiger partial charge in [-0.25, -0.2) is 0 Å². The summed E-state index contributed by atoms with van der Waals surface area (Å²) in [7, 11) is 0. The number of pyridine rings is 1. The average molecular weight is 351 g/mol. The summed E-state index contributed by atoms with van der Waals surface area (Å²) in [6.07, 6.45) is 1.30. The normalized spacial score (nSPS) is 11.8. The zero-order chi connectivity index (χ0) is 10.1. The molecule has 0 aromatic carbocycles. The predicted octanol–water partition coefficient (Wildman–Crippen LogP) is 2.53. The quantitative estimate of drug-likeness (QED) is 0.709. The van der Waals surface area contributed by atoms with Crippen LogP contribution in [0.1, 0.15) is 20.8 Å². The third-order valence-electron chi connectivity index (χ3n) is 1.30. The molecule has 0 unspecified atom stereocenters. The molecular formula is C9H11BrFNSn. The van der Waals surface area contributed by atoms with E-state index in [1.54, 1.807) is 0 Å². The van der Waals surface area contributed by atoms with Crippen LogP contribution in [0.4, 0.5) is 4.39 Å². The summed E-state index contributed by atoms with van der Waals surface area (Å²) in [5, 5.41) is 0. The number of halogens is 2. The second-order valence-electron chi connectivity index (χ2n) is 3.86. The zero-order valence-electron chi connectivity index (χ0n) is 7.86. The summed E-state index contributed by atoms with van der Waals surface area (Å²) in [6.45, 7) is 6.61. The van der Waals surface area contributed by atoms with Gasteiger partial charge in [-0.2, -0.15) is 0 Å². The Kier molecular flexibility index (Phi) is 3.74. The van der Waals surface area contributed by atoms with Gasteiger partial charge in [0.15, 0.2) is 0 Å². The third-order valence-corrected chi connectivity index (χ3v) is 6.90. The molecule has 4 heteroatoms. The molecule has 1 aromatic heterocycles. The number of hydrogen-bond acceptors (Lipinski definition) is 1. The Labute approximate surface area is 96.5 Å². The van der Waals surface area contributed by atoms with Gasteiger partial charge in [-0.3, -0.25) is 0 Å². The van der Waals surface area contributed by atoms with Crippen molar-refractivity contribution in [2.24, 2.45) is 0 Å². The summed E-state index contributed by atoms with van der Waals surface area (Å²) in [5.41, 5.74) is 0. The van der Waals surface area contributed by atoms with Gasteiger partial charge in [-0.15, -0.1) is 0 Å². The van der Waals surface area contributed by atoms with Crippen LogP contribution in [0.2, 0.25) is 3.43 Å². The summed E-state index contributed by atoms with van der Waals surface area (Å²) < 4.78 is 15.0. The fourth-order valence-corrected chi connectivity index (χ4v) is 4.79. The van der Waals surface area contributed by atoms with Crippen LogP contribution in [-0.4, -0.2) is 26.1 Å². The van der Waals surface area contributed by atoms with Crippen LogP contribution in [-0.2, 0) is 0 Å². The van der Waals surface area contributed by atoms with Crippen molar-refractivity contribution in [2.75, 3.05) is 0 Å². The molecule has 0 atom stereocenters. The molecule has 0 aliphatic carbocycles. The molecule has 1 rings (SSSR count). The van der Waals surface area contributed by atoms with Gasteiger partial charge in [0.2, 0.25) is 0 Å². The fraction of sp³-hybridized carbons (Fsp3) is 0.444. The topological polar surface area (TPSA) is 12.9 Å². The Morgan fingerprint density at radius 1 is 1.46 bits per heavy atom. The minimum atomic E-state index is -0.730. The van der Waals surface area contributed by atoms with Crippen LogP contribution in [0.25, 0.3) is 0 Å². The van der Waals surface area contributed by atoms with Crippen molar-refractivity contribution in [1.29, 1.82) is 0 Å². The van der Waals surface area contributed by atoms with E-state index in [4.69, 9.17) is 0 Å². The average Bonchev–Trinajstić information content (AvgIpc) is 1.93. The van der Waals surface area contributed by atoms with Gasteiger partial charge in [0.05, 0.1) is 0 Å². The van der Waals surface area contributed by atoms with Crippen molar-refractivity contribution < 1.29 is 4.39 Å². The molecule has 70 valence electrons. The fourth-order valence-electron chi connectivity index (χ4n) is 0.862. The monoisotopic (exact) mass is 351 g/mol. The van der Waals surface area contributed by atoms with Gasteiger partial charge in [-0.1, -0.05) is 0 Å². The van der Waals surface area contributed by atoms with Crippen LogP contribution < -0.4 is 3.71 Å². The summed E-state index contributed by atoms with van der Waals surface area (Å²) in [6, 6.07) is 1.49. The number of rotatable bonds is 1. The van der Waals surface area contributed by atoms with Crippen LogP contribution in [0, 0.1) is 5.82 Å². The van der Waals surface area contributed by atoms with Gasteiger partial charge in [0.1, 0.15) is 0 Å². The molecule has 0 amide bonds. The van der Waals surface area contributed by atoms with Crippen molar-refractivity contribution in [3.63, 3.8) is 0 Å². The van der Waals surface area contributed by atoms with Crippen molar-refractivity contribution in [3.05, 3.63) is 22.6 Å². The first-order chi connectivity index (χ1) is 5.88. The van der Waals surface area contributed by atoms with E-state index in [1.165, 1.54) is 12.3 Å². The number of nitrogens with zero attached hydrogens (tertiary/aromatic N) is 1. The van der Waals surface area contributed by atoms with E-state index in [0.29, 0.717) is 3.43 Å². The molecule has 0 aliphatic heterocycles. The molecule has 0 saturated heterocycles. The maximum absolute atomic E-state index is 12.7. The molecule has 0 N–H and O–H groups in total. The molecule has 0 aliphatic rings. The Morgan fingerprint density at radius 2 is 2.08 bits per heavy atom. The minimum absolute atomic E-state index is 0.274. The first-order valence-electron chi connectivity index (χ1n) is 3.98.